The zero-order valence-electron chi connectivity index (χ0n) is 15.0. The molecule has 1 aromatic carbocycles. The second-order valence-corrected chi connectivity index (χ2v) is 8.46. The Hall–Kier alpha value is -3.02. The van der Waals surface area contributed by atoms with Gasteiger partial charge in [0.1, 0.15) is 17.1 Å². The van der Waals surface area contributed by atoms with Crippen molar-refractivity contribution in [3.8, 4) is 11.9 Å². The van der Waals surface area contributed by atoms with Gasteiger partial charge < -0.3 is 4.74 Å². The van der Waals surface area contributed by atoms with Gasteiger partial charge in [-0.25, -0.2) is 13.4 Å². The number of fused-ring (bicyclic) bond motifs is 1. The molecule has 3 heterocycles. The van der Waals surface area contributed by atoms with Crippen LogP contribution >= 0.6 is 0 Å². The molecule has 2 aromatic heterocycles. The van der Waals surface area contributed by atoms with E-state index >= 15 is 0 Å². The maximum absolute atomic E-state index is 13.1. The third kappa shape index (κ3) is 3.54. The summed E-state index contributed by atoms with van der Waals surface area (Å²) < 4.78 is 33.6. The molecular weight excluding hydrogens is 376 g/mol. The van der Waals surface area contributed by atoms with Gasteiger partial charge in [-0.05, 0) is 31.0 Å². The molecular formula is C20H18N4O3S. The van der Waals surface area contributed by atoms with E-state index in [0.29, 0.717) is 42.9 Å². The van der Waals surface area contributed by atoms with Crippen LogP contribution < -0.4 is 4.74 Å². The van der Waals surface area contributed by atoms with Crippen LogP contribution in [-0.4, -0.2) is 41.9 Å². The van der Waals surface area contributed by atoms with Crippen LogP contribution in [0.1, 0.15) is 18.4 Å². The number of hydrogen-bond donors (Lipinski definition) is 0. The van der Waals surface area contributed by atoms with E-state index in [2.05, 4.69) is 9.97 Å². The number of sulfonamides is 1. The lowest BCUT2D eigenvalue weighted by Crippen LogP contribution is -2.41. The normalized spacial score (nSPS) is 16.0. The van der Waals surface area contributed by atoms with Crippen LogP contribution in [0.2, 0.25) is 0 Å². The van der Waals surface area contributed by atoms with Crippen LogP contribution in [-0.2, 0) is 10.0 Å². The largest absolute Gasteiger partial charge is 0.474 e. The molecule has 0 atom stereocenters. The zero-order chi connectivity index (χ0) is 19.6. The number of nitriles is 1. The Labute approximate surface area is 163 Å². The van der Waals surface area contributed by atoms with Gasteiger partial charge in [-0.15, -0.1) is 0 Å². The molecule has 0 saturated carbocycles. The molecule has 3 aromatic rings. The molecule has 1 fully saturated rings. The van der Waals surface area contributed by atoms with Crippen LogP contribution in [0.15, 0.2) is 59.8 Å². The fourth-order valence-corrected chi connectivity index (χ4v) is 4.94. The van der Waals surface area contributed by atoms with E-state index in [1.807, 2.05) is 18.2 Å². The molecule has 1 saturated heterocycles. The third-order valence-corrected chi connectivity index (χ3v) is 6.70. The summed E-state index contributed by atoms with van der Waals surface area (Å²) in [5, 5.41) is 9.62. The van der Waals surface area contributed by atoms with E-state index in [1.54, 1.807) is 36.5 Å². The van der Waals surface area contributed by atoms with E-state index in [9.17, 15) is 8.42 Å². The van der Waals surface area contributed by atoms with E-state index in [0.717, 1.165) is 5.39 Å². The quantitative estimate of drug-likeness (QED) is 0.675. The molecule has 1 aliphatic rings. The van der Waals surface area contributed by atoms with Crippen molar-refractivity contribution in [2.45, 2.75) is 23.8 Å². The van der Waals surface area contributed by atoms with Crippen LogP contribution in [0.5, 0.6) is 5.88 Å². The summed E-state index contributed by atoms with van der Waals surface area (Å²) in [7, 11) is -3.63. The topological polar surface area (TPSA) is 96.2 Å². The standard InChI is InChI=1S/C20H18N4O3S/c21-13-15-6-7-19(23-14-15)27-17-8-11-24(12-9-17)28(25,26)18-5-1-3-16-4-2-10-22-20(16)18/h1-7,10,14,17H,8-9,11-12H2. The van der Waals surface area contributed by atoms with E-state index < -0.39 is 10.0 Å². The van der Waals surface area contributed by atoms with Crippen molar-refractivity contribution in [1.82, 2.24) is 14.3 Å². The molecule has 0 aliphatic carbocycles. The van der Waals surface area contributed by atoms with E-state index in [-0.39, 0.29) is 11.0 Å². The summed E-state index contributed by atoms with van der Waals surface area (Å²) in [5.74, 6) is 0.443. The Balaban J connectivity index is 1.47. The lowest BCUT2D eigenvalue weighted by molar-refractivity contribution is 0.130. The maximum atomic E-state index is 13.1. The number of piperidine rings is 1. The Morgan fingerprint density at radius 1 is 1.07 bits per heavy atom. The first-order valence-electron chi connectivity index (χ1n) is 8.94. The minimum atomic E-state index is -3.63. The number of para-hydroxylation sites is 1. The molecule has 142 valence electrons. The van der Waals surface area contributed by atoms with Crippen molar-refractivity contribution in [2.24, 2.45) is 0 Å². The number of rotatable bonds is 4. The smallest absolute Gasteiger partial charge is 0.245 e. The Kier molecular flexibility index (Phi) is 4.94. The second-order valence-electron chi connectivity index (χ2n) is 6.55. The van der Waals surface area contributed by atoms with Gasteiger partial charge in [-0.3, -0.25) is 4.98 Å². The number of ether oxygens (including phenoxy) is 1. The average molecular weight is 394 g/mol. The molecule has 0 amide bonds. The van der Waals surface area contributed by atoms with Crippen molar-refractivity contribution in [3.63, 3.8) is 0 Å². The predicted octanol–water partition coefficient (Wildman–Crippen LogP) is 2.73. The number of nitrogens with zero attached hydrogens (tertiary/aromatic N) is 4. The van der Waals surface area contributed by atoms with Gasteiger partial charge in [-0.1, -0.05) is 18.2 Å². The van der Waals surface area contributed by atoms with Gasteiger partial charge in [0.2, 0.25) is 15.9 Å². The number of hydrogen-bond acceptors (Lipinski definition) is 6. The lowest BCUT2D eigenvalue weighted by Gasteiger charge is -2.31. The van der Waals surface area contributed by atoms with Gasteiger partial charge in [0.15, 0.2) is 0 Å². The van der Waals surface area contributed by atoms with Gasteiger partial charge in [0.05, 0.1) is 11.1 Å². The van der Waals surface area contributed by atoms with Crippen LogP contribution in [0.3, 0.4) is 0 Å². The van der Waals surface area contributed by atoms with Crippen molar-refractivity contribution in [3.05, 3.63) is 60.4 Å². The number of aromatic nitrogens is 2. The molecule has 0 radical (unpaired) electrons. The van der Waals surface area contributed by atoms with E-state index in [1.165, 1.54) is 10.5 Å². The highest BCUT2D eigenvalue weighted by molar-refractivity contribution is 7.89. The Bertz CT molecular complexity index is 1130. The average Bonchev–Trinajstić information content (AvgIpc) is 2.74. The monoisotopic (exact) mass is 394 g/mol. The molecule has 4 rings (SSSR count). The Morgan fingerprint density at radius 2 is 1.86 bits per heavy atom. The van der Waals surface area contributed by atoms with Crippen LogP contribution in [0.25, 0.3) is 10.9 Å². The van der Waals surface area contributed by atoms with E-state index in [4.69, 9.17) is 10.00 Å². The summed E-state index contributed by atoms with van der Waals surface area (Å²) in [5.41, 5.74) is 0.960. The molecule has 0 N–H and O–H groups in total. The fraction of sp³-hybridized carbons (Fsp3) is 0.250. The highest BCUT2D eigenvalue weighted by Gasteiger charge is 2.31. The minimum absolute atomic E-state index is 0.113. The van der Waals surface area contributed by atoms with Crippen LogP contribution in [0, 0.1) is 11.3 Å². The number of benzene rings is 1. The molecule has 28 heavy (non-hydrogen) atoms. The van der Waals surface area contributed by atoms with Gasteiger partial charge in [0, 0.05) is 36.9 Å². The summed E-state index contributed by atoms with van der Waals surface area (Å²) >= 11 is 0. The zero-order valence-corrected chi connectivity index (χ0v) is 15.8. The lowest BCUT2D eigenvalue weighted by atomic mass is 10.1. The molecule has 7 nitrogen and oxygen atoms in total. The summed E-state index contributed by atoms with van der Waals surface area (Å²) in [6.45, 7) is 0.735. The molecule has 0 spiro atoms. The molecule has 8 heteroatoms. The van der Waals surface area contributed by atoms with Crippen molar-refractivity contribution < 1.29 is 13.2 Å². The van der Waals surface area contributed by atoms with Crippen molar-refractivity contribution in [1.29, 1.82) is 5.26 Å². The summed E-state index contributed by atoms with van der Waals surface area (Å²) in [6.07, 6.45) is 4.09. The van der Waals surface area contributed by atoms with Gasteiger partial charge in [0.25, 0.3) is 0 Å². The summed E-state index contributed by atoms with van der Waals surface area (Å²) in [6, 6.07) is 14.2. The Morgan fingerprint density at radius 3 is 2.57 bits per heavy atom. The van der Waals surface area contributed by atoms with Crippen LogP contribution in [0.4, 0.5) is 0 Å². The first-order valence-corrected chi connectivity index (χ1v) is 10.4. The first kappa shape index (κ1) is 18.3. The summed E-state index contributed by atoms with van der Waals surface area (Å²) in [4.78, 5) is 8.61. The molecule has 0 bridgehead atoms. The third-order valence-electron chi connectivity index (χ3n) is 4.77. The first-order chi connectivity index (χ1) is 13.6. The SMILES string of the molecule is N#Cc1ccc(OC2CCN(S(=O)(=O)c3cccc4cccnc34)CC2)nc1. The second kappa shape index (κ2) is 7.54. The predicted molar refractivity (Wildman–Crippen MR) is 103 cm³/mol. The maximum Gasteiger partial charge on any atom is 0.245 e. The highest BCUT2D eigenvalue weighted by atomic mass is 32.2. The minimum Gasteiger partial charge on any atom is -0.474 e. The van der Waals surface area contributed by atoms with Crippen molar-refractivity contribution in [2.75, 3.05) is 13.1 Å². The fourth-order valence-electron chi connectivity index (χ4n) is 3.30. The van der Waals surface area contributed by atoms with Crippen molar-refractivity contribution >= 4 is 20.9 Å². The van der Waals surface area contributed by atoms with Gasteiger partial charge in [-0.2, -0.15) is 9.57 Å². The highest BCUT2D eigenvalue weighted by Crippen LogP contribution is 2.27. The molecule has 1 aliphatic heterocycles. The number of pyridine rings is 2. The van der Waals surface area contributed by atoms with Gasteiger partial charge >= 0.3 is 0 Å². The molecule has 0 unspecified atom stereocenters.